The van der Waals surface area contributed by atoms with Gasteiger partial charge in [-0.25, -0.2) is 14.8 Å². The summed E-state index contributed by atoms with van der Waals surface area (Å²) in [5.74, 6) is 0.515. The summed E-state index contributed by atoms with van der Waals surface area (Å²) in [4.78, 5) is 25.8. The fourth-order valence-electron chi connectivity index (χ4n) is 1.70. The Morgan fingerprint density at radius 3 is 2.29 bits per heavy atom. The average molecular weight is 344 g/mol. The number of carbonyl (C=O) groups excluding carboxylic acids is 1. The predicted molar refractivity (Wildman–Crippen MR) is 84.4 cm³/mol. The molecule has 11 heteroatoms. The molecule has 10 nitrogen and oxygen atoms in total. The van der Waals surface area contributed by atoms with Crippen LogP contribution in [0.4, 0.5) is 5.69 Å². The lowest BCUT2D eigenvalue weighted by Gasteiger charge is -2.04. The van der Waals surface area contributed by atoms with Crippen LogP contribution in [0, 0.1) is 0 Å². The first-order valence-electron chi connectivity index (χ1n) is 6.71. The largest absolute Gasteiger partial charge is 0.324 e. The van der Waals surface area contributed by atoms with E-state index in [9.17, 15) is 4.79 Å². The van der Waals surface area contributed by atoms with Gasteiger partial charge in [0.2, 0.25) is 23.4 Å². The monoisotopic (exact) mass is 343 g/mol. The SMILES string of the molecule is O=C(CNCl)Nc1ccc(-c2nnc(-c3ncccn3)nn2)nc1. The molecule has 3 aromatic rings. The molecule has 3 rings (SSSR count). The Kier molecular flexibility index (Phi) is 4.89. The summed E-state index contributed by atoms with van der Waals surface area (Å²) in [5.41, 5.74) is 0.981. The number of nitrogens with zero attached hydrogens (tertiary/aromatic N) is 7. The van der Waals surface area contributed by atoms with Gasteiger partial charge < -0.3 is 5.32 Å². The van der Waals surface area contributed by atoms with Gasteiger partial charge in [0.1, 0.15) is 5.69 Å². The molecule has 0 saturated carbocycles. The lowest BCUT2D eigenvalue weighted by atomic mass is 10.3. The Labute approximate surface area is 140 Å². The maximum absolute atomic E-state index is 11.4. The van der Waals surface area contributed by atoms with Gasteiger partial charge in [0, 0.05) is 12.4 Å². The third-order valence-corrected chi connectivity index (χ3v) is 2.88. The average Bonchev–Trinajstić information content (AvgIpc) is 2.63. The second-order valence-corrected chi connectivity index (χ2v) is 4.68. The molecule has 0 fully saturated rings. The van der Waals surface area contributed by atoms with E-state index in [4.69, 9.17) is 11.8 Å². The summed E-state index contributed by atoms with van der Waals surface area (Å²) in [6, 6.07) is 4.99. The first kappa shape index (κ1) is 15.8. The van der Waals surface area contributed by atoms with Crippen LogP contribution in [0.2, 0.25) is 0 Å². The topological polar surface area (TPSA) is 131 Å². The lowest BCUT2D eigenvalue weighted by Crippen LogP contribution is -2.22. The molecule has 24 heavy (non-hydrogen) atoms. The van der Waals surface area contributed by atoms with Gasteiger partial charge >= 0.3 is 0 Å². The van der Waals surface area contributed by atoms with Crippen molar-refractivity contribution in [1.29, 1.82) is 0 Å². The minimum atomic E-state index is -0.286. The van der Waals surface area contributed by atoms with Crippen molar-refractivity contribution >= 4 is 23.4 Å². The summed E-state index contributed by atoms with van der Waals surface area (Å²) >= 11 is 5.26. The highest BCUT2D eigenvalue weighted by molar-refractivity contribution is 6.15. The molecule has 0 bridgehead atoms. The van der Waals surface area contributed by atoms with Gasteiger partial charge in [0.05, 0.1) is 18.4 Å². The Morgan fingerprint density at radius 2 is 1.67 bits per heavy atom. The molecule has 3 aromatic heterocycles. The standard InChI is InChI=1S/C13H10ClN9O/c14-18-7-10(24)19-8-2-3-9(17-6-8)11-20-22-13(23-21-11)12-15-4-1-5-16-12/h1-6,18H,7H2,(H,19,24). The van der Waals surface area contributed by atoms with Gasteiger partial charge in [-0.1, -0.05) is 0 Å². The Balaban J connectivity index is 1.74. The van der Waals surface area contributed by atoms with Crippen LogP contribution in [-0.4, -0.2) is 47.8 Å². The Hall–Kier alpha value is -3.11. The number of carbonyl (C=O) groups is 1. The number of rotatable bonds is 5. The molecule has 0 unspecified atom stereocenters. The quantitative estimate of drug-likeness (QED) is 0.634. The fourth-order valence-corrected chi connectivity index (χ4v) is 1.82. The van der Waals surface area contributed by atoms with Crippen molar-refractivity contribution in [2.24, 2.45) is 0 Å². The molecule has 0 spiro atoms. The van der Waals surface area contributed by atoms with Crippen LogP contribution < -0.4 is 10.2 Å². The molecule has 0 atom stereocenters. The van der Waals surface area contributed by atoms with Crippen LogP contribution in [0.5, 0.6) is 0 Å². The number of hydrogen-bond acceptors (Lipinski definition) is 9. The van der Waals surface area contributed by atoms with Gasteiger partial charge in [-0.05, 0) is 30.0 Å². The van der Waals surface area contributed by atoms with Crippen LogP contribution >= 0.6 is 11.8 Å². The van der Waals surface area contributed by atoms with Crippen LogP contribution in [0.25, 0.3) is 23.2 Å². The van der Waals surface area contributed by atoms with Gasteiger partial charge in [-0.2, -0.15) is 0 Å². The van der Waals surface area contributed by atoms with Crippen molar-refractivity contribution in [3.8, 4) is 23.2 Å². The maximum atomic E-state index is 11.4. The van der Waals surface area contributed by atoms with Gasteiger partial charge in [0.15, 0.2) is 0 Å². The molecule has 0 radical (unpaired) electrons. The summed E-state index contributed by atoms with van der Waals surface area (Å²) in [6.07, 6.45) is 4.63. The van der Waals surface area contributed by atoms with Crippen molar-refractivity contribution in [1.82, 2.24) is 40.2 Å². The van der Waals surface area contributed by atoms with Crippen LogP contribution in [-0.2, 0) is 4.79 Å². The number of halogens is 1. The van der Waals surface area contributed by atoms with E-state index < -0.39 is 0 Å². The van der Waals surface area contributed by atoms with E-state index in [0.717, 1.165) is 0 Å². The van der Waals surface area contributed by atoms with Crippen LogP contribution in [0.1, 0.15) is 0 Å². The summed E-state index contributed by atoms with van der Waals surface area (Å²) in [7, 11) is 0. The normalized spacial score (nSPS) is 10.4. The van der Waals surface area contributed by atoms with Crippen molar-refractivity contribution < 1.29 is 4.79 Å². The summed E-state index contributed by atoms with van der Waals surface area (Å²) in [5, 5.41) is 18.4. The molecule has 1 amide bonds. The molecular weight excluding hydrogens is 334 g/mol. The van der Waals surface area contributed by atoms with Gasteiger partial charge in [-0.15, -0.1) is 20.4 Å². The van der Waals surface area contributed by atoms with Crippen molar-refractivity contribution in [3.63, 3.8) is 0 Å². The zero-order chi connectivity index (χ0) is 16.8. The molecule has 120 valence electrons. The number of anilines is 1. The number of amides is 1. The van der Waals surface area contributed by atoms with E-state index in [1.165, 1.54) is 6.20 Å². The Bertz CT molecular complexity index is 811. The molecule has 0 aliphatic carbocycles. The van der Waals surface area contributed by atoms with Crippen LogP contribution in [0.3, 0.4) is 0 Å². The van der Waals surface area contributed by atoms with Gasteiger partial charge in [-0.3, -0.25) is 9.78 Å². The molecule has 2 N–H and O–H groups in total. The first-order chi connectivity index (χ1) is 11.8. The molecule has 0 aliphatic heterocycles. The highest BCUT2D eigenvalue weighted by Gasteiger charge is 2.09. The second-order valence-electron chi connectivity index (χ2n) is 4.41. The van der Waals surface area contributed by atoms with Crippen molar-refractivity contribution in [2.45, 2.75) is 0 Å². The second kappa shape index (κ2) is 7.44. The van der Waals surface area contributed by atoms with E-state index in [2.05, 4.69) is 45.5 Å². The maximum Gasteiger partial charge on any atom is 0.240 e. The molecule has 0 saturated heterocycles. The lowest BCUT2D eigenvalue weighted by molar-refractivity contribution is -0.115. The number of aromatic nitrogens is 7. The van der Waals surface area contributed by atoms with Gasteiger partial charge in [0.25, 0.3) is 0 Å². The van der Waals surface area contributed by atoms with E-state index in [0.29, 0.717) is 17.2 Å². The third-order valence-electron chi connectivity index (χ3n) is 2.75. The third kappa shape index (κ3) is 3.80. The summed E-state index contributed by atoms with van der Waals surface area (Å²) in [6.45, 7) is -0.0106. The molecular formula is C13H10ClN9O. The Morgan fingerprint density at radius 1 is 0.958 bits per heavy atom. The number of nitrogens with one attached hydrogen (secondary N) is 2. The number of pyridine rings is 1. The van der Waals surface area contributed by atoms with Crippen molar-refractivity contribution in [3.05, 3.63) is 36.8 Å². The zero-order valence-electron chi connectivity index (χ0n) is 12.1. The smallest absolute Gasteiger partial charge is 0.240 e. The fraction of sp³-hybridized carbons (Fsp3) is 0.0769. The zero-order valence-corrected chi connectivity index (χ0v) is 12.8. The highest BCUT2D eigenvalue weighted by Crippen LogP contribution is 2.14. The minimum Gasteiger partial charge on any atom is -0.324 e. The van der Waals surface area contributed by atoms with E-state index in [1.807, 2.05) is 0 Å². The number of hydrogen-bond donors (Lipinski definition) is 2. The first-order valence-corrected chi connectivity index (χ1v) is 7.08. The predicted octanol–water partition coefficient (Wildman–Crippen LogP) is 0.468. The highest BCUT2D eigenvalue weighted by atomic mass is 35.5. The van der Waals surface area contributed by atoms with E-state index in [-0.39, 0.29) is 24.1 Å². The van der Waals surface area contributed by atoms with Crippen LogP contribution in [0.15, 0.2) is 36.8 Å². The molecule has 0 aromatic carbocycles. The van der Waals surface area contributed by atoms with E-state index >= 15 is 0 Å². The molecule has 0 aliphatic rings. The summed E-state index contributed by atoms with van der Waals surface area (Å²) < 4.78 is 0. The minimum absolute atomic E-state index is 0.0106. The van der Waals surface area contributed by atoms with E-state index in [1.54, 1.807) is 30.6 Å². The molecule has 3 heterocycles. The van der Waals surface area contributed by atoms with Crippen molar-refractivity contribution in [2.75, 3.05) is 11.9 Å².